The Labute approximate surface area is 122 Å². The van der Waals surface area contributed by atoms with Crippen LogP contribution in [0.25, 0.3) is 0 Å². The molecule has 0 amide bonds. The van der Waals surface area contributed by atoms with Gasteiger partial charge in [0, 0.05) is 12.3 Å². The third-order valence-electron chi connectivity index (χ3n) is 3.70. The predicted octanol–water partition coefficient (Wildman–Crippen LogP) is 2.56. The molecule has 0 atom stereocenters. The Hall–Kier alpha value is -1.07. The standard InChI is InChI=1S/C15H24BNO3/c1-13(2,3)18-12-10-11(8-9-17-12)16-19-14(4,5)15(6,7)20-16/h8-10H,1-7H3. The van der Waals surface area contributed by atoms with Crippen LogP contribution in [-0.4, -0.2) is 28.9 Å². The summed E-state index contributed by atoms with van der Waals surface area (Å²) in [6.07, 6.45) is 1.72. The zero-order valence-electron chi connectivity index (χ0n) is 13.5. The van der Waals surface area contributed by atoms with Gasteiger partial charge in [-0.2, -0.15) is 0 Å². The van der Waals surface area contributed by atoms with Crippen LogP contribution in [0.5, 0.6) is 5.88 Å². The molecule has 1 aliphatic heterocycles. The van der Waals surface area contributed by atoms with Gasteiger partial charge in [0.1, 0.15) is 5.60 Å². The van der Waals surface area contributed by atoms with Gasteiger partial charge < -0.3 is 14.0 Å². The van der Waals surface area contributed by atoms with E-state index in [1.54, 1.807) is 6.20 Å². The summed E-state index contributed by atoms with van der Waals surface area (Å²) >= 11 is 0. The van der Waals surface area contributed by atoms with E-state index in [-0.39, 0.29) is 23.9 Å². The number of rotatable bonds is 2. The molecular formula is C15H24BNO3. The van der Waals surface area contributed by atoms with Gasteiger partial charge >= 0.3 is 7.12 Å². The van der Waals surface area contributed by atoms with Gasteiger partial charge in [-0.1, -0.05) is 0 Å². The topological polar surface area (TPSA) is 40.6 Å². The maximum Gasteiger partial charge on any atom is 0.495 e. The van der Waals surface area contributed by atoms with Gasteiger partial charge in [-0.05, 0) is 60.0 Å². The number of nitrogens with zero attached hydrogens (tertiary/aromatic N) is 1. The summed E-state index contributed by atoms with van der Waals surface area (Å²) in [4.78, 5) is 4.24. The van der Waals surface area contributed by atoms with Crippen LogP contribution in [-0.2, 0) is 9.31 Å². The second kappa shape index (κ2) is 4.74. The molecule has 1 aliphatic rings. The Morgan fingerprint density at radius 1 is 1.10 bits per heavy atom. The molecule has 0 spiro atoms. The van der Waals surface area contributed by atoms with Crippen molar-refractivity contribution in [2.24, 2.45) is 0 Å². The average molecular weight is 277 g/mol. The van der Waals surface area contributed by atoms with Crippen molar-refractivity contribution < 1.29 is 14.0 Å². The Kier molecular flexibility index (Phi) is 3.63. The first-order chi connectivity index (χ1) is 9.00. The van der Waals surface area contributed by atoms with E-state index < -0.39 is 0 Å². The molecule has 1 aromatic heterocycles. The van der Waals surface area contributed by atoms with E-state index in [2.05, 4.69) is 4.98 Å². The molecule has 0 saturated carbocycles. The van der Waals surface area contributed by atoms with Crippen molar-refractivity contribution in [3.63, 3.8) is 0 Å². The first-order valence-electron chi connectivity index (χ1n) is 7.01. The van der Waals surface area contributed by atoms with Crippen LogP contribution in [0.3, 0.4) is 0 Å². The lowest BCUT2D eigenvalue weighted by Crippen LogP contribution is -2.41. The fourth-order valence-corrected chi connectivity index (χ4v) is 1.92. The monoisotopic (exact) mass is 277 g/mol. The summed E-state index contributed by atoms with van der Waals surface area (Å²) in [5.74, 6) is 0.588. The van der Waals surface area contributed by atoms with Gasteiger partial charge in [0.25, 0.3) is 0 Å². The maximum absolute atomic E-state index is 6.03. The minimum Gasteiger partial charge on any atom is -0.472 e. The molecule has 4 nitrogen and oxygen atoms in total. The number of ether oxygens (including phenoxy) is 1. The molecule has 0 aliphatic carbocycles. The molecular weight excluding hydrogens is 253 g/mol. The average Bonchev–Trinajstić information content (AvgIpc) is 2.46. The summed E-state index contributed by atoms with van der Waals surface area (Å²) in [6.45, 7) is 14.2. The lowest BCUT2D eigenvalue weighted by Gasteiger charge is -2.32. The normalized spacial score (nSPS) is 21.1. The Morgan fingerprint density at radius 2 is 1.65 bits per heavy atom. The van der Waals surface area contributed by atoms with E-state index >= 15 is 0 Å². The van der Waals surface area contributed by atoms with Crippen molar-refractivity contribution in [3.8, 4) is 5.88 Å². The minimum absolute atomic E-state index is 0.276. The third-order valence-corrected chi connectivity index (χ3v) is 3.70. The van der Waals surface area contributed by atoms with E-state index in [0.717, 1.165) is 5.46 Å². The van der Waals surface area contributed by atoms with E-state index in [0.29, 0.717) is 5.88 Å². The summed E-state index contributed by atoms with van der Waals surface area (Å²) in [5.41, 5.74) is -0.0302. The van der Waals surface area contributed by atoms with Gasteiger partial charge in [-0.15, -0.1) is 0 Å². The zero-order valence-corrected chi connectivity index (χ0v) is 13.5. The zero-order chi connectivity index (χ0) is 15.2. The molecule has 1 fully saturated rings. The third kappa shape index (κ3) is 3.15. The molecule has 20 heavy (non-hydrogen) atoms. The molecule has 2 rings (SSSR count). The Bertz CT molecular complexity index is 478. The molecule has 0 unspecified atom stereocenters. The molecule has 0 N–H and O–H groups in total. The van der Waals surface area contributed by atoms with E-state index in [1.165, 1.54) is 0 Å². The van der Waals surface area contributed by atoms with E-state index in [1.807, 2.05) is 60.6 Å². The van der Waals surface area contributed by atoms with Gasteiger partial charge in [-0.25, -0.2) is 4.98 Å². The smallest absolute Gasteiger partial charge is 0.472 e. The minimum atomic E-state index is -0.384. The van der Waals surface area contributed by atoms with Gasteiger partial charge in [0.05, 0.1) is 11.2 Å². The Morgan fingerprint density at radius 3 is 2.15 bits per heavy atom. The molecule has 1 aromatic rings. The second-order valence-corrected chi connectivity index (χ2v) is 7.23. The molecule has 5 heteroatoms. The quantitative estimate of drug-likeness (QED) is 0.779. The highest BCUT2D eigenvalue weighted by molar-refractivity contribution is 6.62. The molecule has 0 bridgehead atoms. The highest BCUT2D eigenvalue weighted by Gasteiger charge is 2.51. The lowest BCUT2D eigenvalue weighted by molar-refractivity contribution is 0.00578. The van der Waals surface area contributed by atoms with Crippen molar-refractivity contribution in [2.45, 2.75) is 65.3 Å². The fraction of sp³-hybridized carbons (Fsp3) is 0.667. The van der Waals surface area contributed by atoms with Crippen LogP contribution < -0.4 is 10.2 Å². The fourth-order valence-electron chi connectivity index (χ4n) is 1.92. The van der Waals surface area contributed by atoms with Crippen LogP contribution in [0, 0.1) is 0 Å². The van der Waals surface area contributed by atoms with Gasteiger partial charge in [0.15, 0.2) is 0 Å². The number of hydrogen-bond donors (Lipinski definition) is 0. The molecule has 1 saturated heterocycles. The van der Waals surface area contributed by atoms with Gasteiger partial charge in [-0.3, -0.25) is 0 Å². The van der Waals surface area contributed by atoms with Crippen LogP contribution in [0.2, 0.25) is 0 Å². The maximum atomic E-state index is 6.03. The van der Waals surface area contributed by atoms with Crippen LogP contribution in [0.15, 0.2) is 18.3 Å². The summed E-state index contributed by atoms with van der Waals surface area (Å²) in [5, 5.41) is 0. The van der Waals surface area contributed by atoms with Crippen LogP contribution >= 0.6 is 0 Å². The molecule has 0 radical (unpaired) electrons. The molecule has 2 heterocycles. The Balaban J connectivity index is 2.21. The number of pyridine rings is 1. The first kappa shape index (κ1) is 15.3. The predicted molar refractivity (Wildman–Crippen MR) is 80.3 cm³/mol. The molecule has 110 valence electrons. The van der Waals surface area contributed by atoms with Crippen molar-refractivity contribution in [3.05, 3.63) is 18.3 Å². The largest absolute Gasteiger partial charge is 0.495 e. The highest BCUT2D eigenvalue weighted by atomic mass is 16.7. The highest BCUT2D eigenvalue weighted by Crippen LogP contribution is 2.36. The summed E-state index contributed by atoms with van der Waals surface area (Å²) in [7, 11) is -0.384. The van der Waals surface area contributed by atoms with Crippen molar-refractivity contribution in [1.82, 2.24) is 4.98 Å². The van der Waals surface area contributed by atoms with E-state index in [4.69, 9.17) is 14.0 Å². The summed E-state index contributed by atoms with van der Waals surface area (Å²) in [6, 6.07) is 3.78. The van der Waals surface area contributed by atoms with E-state index in [9.17, 15) is 0 Å². The number of hydrogen-bond acceptors (Lipinski definition) is 4. The van der Waals surface area contributed by atoms with Gasteiger partial charge in [0.2, 0.25) is 5.88 Å². The SMILES string of the molecule is CC(C)(C)Oc1cc(B2OC(C)(C)C(C)(C)O2)ccn1. The summed E-state index contributed by atoms with van der Waals surface area (Å²) < 4.78 is 17.8. The van der Waals surface area contributed by atoms with Crippen LogP contribution in [0.4, 0.5) is 0 Å². The molecule has 0 aromatic carbocycles. The first-order valence-corrected chi connectivity index (χ1v) is 7.01. The number of aromatic nitrogens is 1. The van der Waals surface area contributed by atoms with Crippen LogP contribution in [0.1, 0.15) is 48.5 Å². The van der Waals surface area contributed by atoms with Crippen molar-refractivity contribution in [1.29, 1.82) is 0 Å². The van der Waals surface area contributed by atoms with Crippen molar-refractivity contribution in [2.75, 3.05) is 0 Å². The lowest BCUT2D eigenvalue weighted by atomic mass is 9.80. The van der Waals surface area contributed by atoms with Crippen molar-refractivity contribution >= 4 is 12.6 Å². The second-order valence-electron chi connectivity index (χ2n) is 7.23.